The fraction of sp³-hybridized carbons (Fsp3) is 0.833. The summed E-state index contributed by atoms with van der Waals surface area (Å²) < 4.78 is 23.3. The molecule has 0 aliphatic carbocycles. The summed E-state index contributed by atoms with van der Waals surface area (Å²) in [6, 6.07) is 0. The number of likely N-dealkylation sites (N-methyl/N-ethyl adjacent to an activating group) is 1. The van der Waals surface area contributed by atoms with Gasteiger partial charge in [-0.25, -0.2) is 8.78 Å². The molecule has 1 unspecified atom stereocenters. The van der Waals surface area contributed by atoms with Crippen molar-refractivity contribution in [1.82, 2.24) is 10.6 Å². The zero-order valence-electron chi connectivity index (χ0n) is 6.68. The molecule has 0 aromatic heterocycles. The minimum absolute atomic E-state index is 0.0692. The van der Waals surface area contributed by atoms with Crippen LogP contribution in [0.15, 0.2) is 0 Å². The summed E-state index contributed by atoms with van der Waals surface area (Å²) in [5.41, 5.74) is 0. The van der Waals surface area contributed by atoms with Crippen molar-refractivity contribution >= 4 is 5.91 Å². The molecule has 0 saturated carbocycles. The Bertz CT molecular complexity index is 144. The highest BCUT2D eigenvalue weighted by molar-refractivity contribution is 5.77. The molecule has 3 N–H and O–H groups in total. The van der Waals surface area contributed by atoms with Crippen LogP contribution < -0.4 is 10.6 Å². The number of carbonyl (C=O) groups is 1. The van der Waals surface area contributed by atoms with Gasteiger partial charge in [-0.3, -0.25) is 4.79 Å². The summed E-state index contributed by atoms with van der Waals surface area (Å²) in [5, 5.41) is 13.2. The normalized spacial score (nSPS) is 13.1. The first-order valence-corrected chi connectivity index (χ1v) is 3.45. The summed E-state index contributed by atoms with van der Waals surface area (Å²) in [5.74, 6) is -0.309. The molecular formula is C6H12F2N2O2. The lowest BCUT2D eigenvalue weighted by Crippen LogP contribution is -2.38. The highest BCUT2D eigenvalue weighted by Gasteiger charge is 2.15. The number of hydrogen-bond acceptors (Lipinski definition) is 3. The maximum Gasteiger partial charge on any atom is 0.265 e. The maximum atomic E-state index is 11.6. The van der Waals surface area contributed by atoms with E-state index in [0.717, 1.165) is 0 Å². The molecule has 72 valence electrons. The zero-order chi connectivity index (χ0) is 9.56. The average molecular weight is 182 g/mol. The predicted molar refractivity (Wildman–Crippen MR) is 38.9 cm³/mol. The van der Waals surface area contributed by atoms with Gasteiger partial charge in [0, 0.05) is 13.6 Å². The van der Waals surface area contributed by atoms with Crippen molar-refractivity contribution < 1.29 is 18.7 Å². The summed E-state index contributed by atoms with van der Waals surface area (Å²) in [6.45, 7) is -0.356. The van der Waals surface area contributed by atoms with Crippen LogP contribution in [0.4, 0.5) is 8.78 Å². The Morgan fingerprint density at radius 2 is 2.17 bits per heavy atom. The number of carbonyl (C=O) groups excluding carboxylic acids is 1. The van der Waals surface area contributed by atoms with Crippen molar-refractivity contribution in [3.63, 3.8) is 0 Å². The molecule has 0 fully saturated rings. The summed E-state index contributed by atoms with van der Waals surface area (Å²) in [6.07, 6.45) is -4.49. The van der Waals surface area contributed by atoms with Crippen molar-refractivity contribution in [2.45, 2.75) is 12.5 Å². The summed E-state index contributed by atoms with van der Waals surface area (Å²) >= 11 is 0. The molecule has 0 aromatic carbocycles. The van der Waals surface area contributed by atoms with Crippen LogP contribution in [-0.2, 0) is 4.79 Å². The SMILES string of the molecule is CNC(=O)CNCC(O)C(F)F. The molecule has 0 heterocycles. The predicted octanol–water partition coefficient (Wildman–Crippen LogP) is -1.05. The Hall–Kier alpha value is -0.750. The number of aliphatic hydroxyl groups is 1. The number of amides is 1. The van der Waals surface area contributed by atoms with E-state index in [1.54, 1.807) is 0 Å². The van der Waals surface area contributed by atoms with Gasteiger partial charge in [0.05, 0.1) is 6.54 Å². The molecule has 6 heteroatoms. The van der Waals surface area contributed by atoms with Gasteiger partial charge in [0.25, 0.3) is 6.43 Å². The quantitative estimate of drug-likeness (QED) is 0.508. The zero-order valence-corrected chi connectivity index (χ0v) is 6.68. The maximum absolute atomic E-state index is 11.6. The van der Waals surface area contributed by atoms with Gasteiger partial charge in [-0.2, -0.15) is 0 Å². The van der Waals surface area contributed by atoms with Crippen LogP contribution in [-0.4, -0.2) is 43.7 Å². The lowest BCUT2D eigenvalue weighted by Gasteiger charge is -2.09. The Kier molecular flexibility index (Phi) is 5.48. The van der Waals surface area contributed by atoms with E-state index < -0.39 is 12.5 Å². The molecule has 12 heavy (non-hydrogen) atoms. The highest BCUT2D eigenvalue weighted by atomic mass is 19.3. The van der Waals surface area contributed by atoms with Crippen molar-refractivity contribution in [3.05, 3.63) is 0 Å². The van der Waals surface area contributed by atoms with Crippen LogP contribution in [0, 0.1) is 0 Å². The Balaban J connectivity index is 3.37. The standard InChI is InChI=1S/C6H12F2N2O2/c1-9-5(12)3-10-2-4(11)6(7)8/h4,6,10-11H,2-3H2,1H3,(H,9,12). The van der Waals surface area contributed by atoms with E-state index in [2.05, 4.69) is 10.6 Å². The van der Waals surface area contributed by atoms with Crippen LogP contribution in [0.2, 0.25) is 0 Å². The first-order valence-electron chi connectivity index (χ1n) is 3.45. The Labute approximate surface area is 69.0 Å². The number of aliphatic hydroxyl groups excluding tert-OH is 1. The number of hydrogen-bond donors (Lipinski definition) is 3. The molecule has 0 bridgehead atoms. The third kappa shape index (κ3) is 4.97. The van der Waals surface area contributed by atoms with Crippen molar-refractivity contribution in [2.75, 3.05) is 20.1 Å². The van der Waals surface area contributed by atoms with Gasteiger partial charge < -0.3 is 15.7 Å². The molecule has 1 atom stereocenters. The third-order valence-electron chi connectivity index (χ3n) is 1.21. The topological polar surface area (TPSA) is 61.4 Å². The molecular weight excluding hydrogens is 170 g/mol. The van der Waals surface area contributed by atoms with Crippen LogP contribution in [0.3, 0.4) is 0 Å². The molecule has 0 radical (unpaired) electrons. The van der Waals surface area contributed by atoms with Crippen molar-refractivity contribution in [1.29, 1.82) is 0 Å². The average Bonchev–Trinajstić information content (AvgIpc) is 2.03. The van der Waals surface area contributed by atoms with E-state index in [4.69, 9.17) is 5.11 Å². The minimum atomic E-state index is -2.78. The van der Waals surface area contributed by atoms with Crippen molar-refractivity contribution in [3.8, 4) is 0 Å². The first-order chi connectivity index (χ1) is 5.57. The summed E-state index contributed by atoms with van der Waals surface area (Å²) in [7, 11) is 1.44. The fourth-order valence-electron chi connectivity index (χ4n) is 0.511. The van der Waals surface area contributed by atoms with E-state index in [1.807, 2.05) is 0 Å². The molecule has 0 spiro atoms. The van der Waals surface area contributed by atoms with Crippen LogP contribution in [0.1, 0.15) is 0 Å². The number of nitrogens with one attached hydrogen (secondary N) is 2. The van der Waals surface area contributed by atoms with Gasteiger partial charge in [0.2, 0.25) is 5.91 Å². The third-order valence-corrected chi connectivity index (χ3v) is 1.21. The second kappa shape index (κ2) is 5.84. The second-order valence-corrected chi connectivity index (χ2v) is 2.21. The molecule has 4 nitrogen and oxygen atoms in total. The first kappa shape index (κ1) is 11.2. The van der Waals surface area contributed by atoms with E-state index in [9.17, 15) is 13.6 Å². The van der Waals surface area contributed by atoms with Crippen molar-refractivity contribution in [2.24, 2.45) is 0 Å². The molecule has 0 aromatic rings. The van der Waals surface area contributed by atoms with Gasteiger partial charge in [0.15, 0.2) is 0 Å². The number of rotatable bonds is 5. The van der Waals surface area contributed by atoms with Gasteiger partial charge >= 0.3 is 0 Å². The van der Waals surface area contributed by atoms with Gasteiger partial charge in [-0.1, -0.05) is 0 Å². The van der Waals surface area contributed by atoms with Gasteiger partial charge in [-0.15, -0.1) is 0 Å². The number of halogens is 2. The minimum Gasteiger partial charge on any atom is -0.386 e. The molecule has 0 aliphatic rings. The monoisotopic (exact) mass is 182 g/mol. The fourth-order valence-corrected chi connectivity index (χ4v) is 0.511. The Morgan fingerprint density at radius 1 is 1.58 bits per heavy atom. The number of alkyl halides is 2. The van der Waals surface area contributed by atoms with Gasteiger partial charge in [-0.05, 0) is 0 Å². The van der Waals surface area contributed by atoms with Crippen LogP contribution in [0.25, 0.3) is 0 Å². The molecule has 0 aliphatic heterocycles. The lowest BCUT2D eigenvalue weighted by molar-refractivity contribution is -0.119. The van der Waals surface area contributed by atoms with Gasteiger partial charge in [0.1, 0.15) is 6.10 Å². The molecule has 1 amide bonds. The molecule has 0 rings (SSSR count). The smallest absolute Gasteiger partial charge is 0.265 e. The highest BCUT2D eigenvalue weighted by Crippen LogP contribution is 1.97. The lowest BCUT2D eigenvalue weighted by atomic mass is 10.3. The second-order valence-electron chi connectivity index (χ2n) is 2.21. The van der Waals surface area contributed by atoms with E-state index >= 15 is 0 Å². The van der Waals surface area contributed by atoms with E-state index in [0.29, 0.717) is 0 Å². The molecule has 0 saturated heterocycles. The van der Waals surface area contributed by atoms with E-state index in [1.165, 1.54) is 7.05 Å². The van der Waals surface area contributed by atoms with Crippen LogP contribution >= 0.6 is 0 Å². The summed E-state index contributed by atoms with van der Waals surface area (Å²) in [4.78, 5) is 10.5. The largest absolute Gasteiger partial charge is 0.386 e. The van der Waals surface area contributed by atoms with Crippen LogP contribution in [0.5, 0.6) is 0 Å². The Morgan fingerprint density at radius 3 is 2.58 bits per heavy atom. The van der Waals surface area contributed by atoms with E-state index in [-0.39, 0.29) is 19.0 Å².